The average Bonchev–Trinajstić information content (AvgIpc) is 2.86. The summed E-state index contributed by atoms with van der Waals surface area (Å²) in [5.41, 5.74) is 3.87. The zero-order valence-corrected chi connectivity index (χ0v) is 19.0. The van der Waals surface area contributed by atoms with Crippen molar-refractivity contribution >= 4 is 17.3 Å². The van der Waals surface area contributed by atoms with E-state index < -0.39 is 0 Å². The van der Waals surface area contributed by atoms with Crippen LogP contribution in [0.3, 0.4) is 0 Å². The Labute approximate surface area is 197 Å². The Morgan fingerprint density at radius 3 is 2.62 bits per heavy atom. The van der Waals surface area contributed by atoms with Gasteiger partial charge in [0.1, 0.15) is 17.4 Å². The Morgan fingerprint density at radius 1 is 1.03 bits per heavy atom. The number of ether oxygens (including phenoxy) is 1. The van der Waals surface area contributed by atoms with E-state index in [0.29, 0.717) is 13.0 Å². The summed E-state index contributed by atoms with van der Waals surface area (Å²) in [5.74, 6) is -0.136. The molecule has 2 atom stereocenters. The molecular formula is C27H27F2N3O2. The molecule has 34 heavy (non-hydrogen) atoms. The maximum absolute atomic E-state index is 13.6. The third-order valence-electron chi connectivity index (χ3n) is 6.81. The summed E-state index contributed by atoms with van der Waals surface area (Å²) in [4.78, 5) is 17.9. The first-order chi connectivity index (χ1) is 16.5. The van der Waals surface area contributed by atoms with E-state index in [1.54, 1.807) is 31.4 Å². The molecule has 0 bridgehead atoms. The van der Waals surface area contributed by atoms with Crippen molar-refractivity contribution in [2.24, 2.45) is 5.92 Å². The Balaban J connectivity index is 1.41. The minimum atomic E-state index is -0.319. The van der Waals surface area contributed by atoms with Gasteiger partial charge in [-0.05, 0) is 60.0 Å². The van der Waals surface area contributed by atoms with E-state index in [4.69, 9.17) is 4.74 Å². The number of fused-ring (bicyclic) bond motifs is 3. The molecule has 5 rings (SSSR count). The molecule has 2 heterocycles. The molecule has 1 saturated heterocycles. The number of amides is 1. The van der Waals surface area contributed by atoms with Crippen LogP contribution in [-0.4, -0.2) is 38.7 Å². The normalized spacial score (nSPS) is 19.3. The second kappa shape index (κ2) is 9.33. The number of methoxy groups -OCH3 is 1. The molecule has 2 aliphatic rings. The molecule has 176 valence electrons. The van der Waals surface area contributed by atoms with E-state index in [9.17, 15) is 13.6 Å². The summed E-state index contributed by atoms with van der Waals surface area (Å²) in [6, 6.07) is 18.7. The number of nitrogens with one attached hydrogen (secondary N) is 1. The van der Waals surface area contributed by atoms with Crippen molar-refractivity contribution in [3.05, 3.63) is 89.5 Å². The fraction of sp³-hybridized carbons (Fsp3) is 0.296. The second-order valence-corrected chi connectivity index (χ2v) is 8.84. The van der Waals surface area contributed by atoms with Crippen LogP contribution in [0.15, 0.2) is 66.7 Å². The van der Waals surface area contributed by atoms with Gasteiger partial charge in [0, 0.05) is 43.6 Å². The van der Waals surface area contributed by atoms with E-state index in [1.165, 1.54) is 24.3 Å². The average molecular weight is 464 g/mol. The monoisotopic (exact) mass is 463 g/mol. The number of piperazine rings is 1. The van der Waals surface area contributed by atoms with Crippen LogP contribution in [0.25, 0.3) is 0 Å². The fourth-order valence-corrected chi connectivity index (χ4v) is 5.06. The molecule has 0 aliphatic carbocycles. The maximum Gasteiger partial charge on any atom is 0.225 e. The minimum Gasteiger partial charge on any atom is -0.497 e. The van der Waals surface area contributed by atoms with Crippen LogP contribution >= 0.6 is 0 Å². The Morgan fingerprint density at radius 2 is 1.85 bits per heavy atom. The summed E-state index contributed by atoms with van der Waals surface area (Å²) in [6.45, 7) is 2.41. The van der Waals surface area contributed by atoms with Crippen LogP contribution in [0, 0.1) is 17.6 Å². The van der Waals surface area contributed by atoms with Crippen LogP contribution in [0.5, 0.6) is 5.75 Å². The molecule has 2 aliphatic heterocycles. The predicted octanol–water partition coefficient (Wildman–Crippen LogP) is 4.16. The topological polar surface area (TPSA) is 44.8 Å². The van der Waals surface area contributed by atoms with Crippen molar-refractivity contribution < 1.29 is 18.3 Å². The Hall–Kier alpha value is -3.61. The largest absolute Gasteiger partial charge is 0.497 e. The van der Waals surface area contributed by atoms with Gasteiger partial charge in [0.15, 0.2) is 0 Å². The van der Waals surface area contributed by atoms with Crippen molar-refractivity contribution in [3.63, 3.8) is 0 Å². The van der Waals surface area contributed by atoms with Gasteiger partial charge in [-0.1, -0.05) is 18.2 Å². The highest BCUT2D eigenvalue weighted by atomic mass is 19.1. The third kappa shape index (κ3) is 4.42. The van der Waals surface area contributed by atoms with Gasteiger partial charge >= 0.3 is 0 Å². The molecular weight excluding hydrogens is 436 g/mol. The number of carbonyl (C=O) groups excluding carboxylic acids is 1. The van der Waals surface area contributed by atoms with Gasteiger partial charge in [-0.3, -0.25) is 4.79 Å². The number of benzene rings is 3. The molecule has 3 aromatic rings. The molecule has 0 radical (unpaired) electrons. The number of anilines is 2. The van der Waals surface area contributed by atoms with Gasteiger partial charge < -0.3 is 19.9 Å². The first kappa shape index (κ1) is 22.2. The fourth-order valence-electron chi connectivity index (χ4n) is 5.06. The minimum absolute atomic E-state index is 0.0540. The molecule has 3 aromatic carbocycles. The lowest BCUT2D eigenvalue weighted by Gasteiger charge is -2.49. The van der Waals surface area contributed by atoms with Gasteiger partial charge in [-0.15, -0.1) is 0 Å². The van der Waals surface area contributed by atoms with Crippen LogP contribution in [0.2, 0.25) is 0 Å². The lowest BCUT2D eigenvalue weighted by atomic mass is 9.83. The third-order valence-corrected chi connectivity index (χ3v) is 6.81. The van der Waals surface area contributed by atoms with E-state index in [1.807, 2.05) is 18.2 Å². The van der Waals surface area contributed by atoms with Crippen LogP contribution < -0.4 is 19.9 Å². The van der Waals surface area contributed by atoms with Gasteiger partial charge in [0.05, 0.1) is 19.1 Å². The zero-order valence-electron chi connectivity index (χ0n) is 19.0. The molecule has 0 unspecified atom stereocenters. The number of carbonyl (C=O) groups is 1. The first-order valence-electron chi connectivity index (χ1n) is 11.5. The lowest BCUT2D eigenvalue weighted by Crippen LogP contribution is -2.61. The summed E-state index contributed by atoms with van der Waals surface area (Å²) in [6.07, 6.45) is 0.604. The standard InChI is InChI=1S/C27H27F2N3O2/c1-34-23-10-5-19-14-24(27(33)30-16-18-3-2-4-21(29)13-18)26-17-31(11-12-32(26)25(19)15-23)22-8-6-20(28)7-9-22/h2-10,13,15,24,26H,11-12,14,16-17H2,1H3,(H,30,33)/t24-,26+/m0/s1. The second-order valence-electron chi connectivity index (χ2n) is 8.84. The Kier molecular flexibility index (Phi) is 6.09. The van der Waals surface area contributed by atoms with Crippen molar-refractivity contribution in [2.45, 2.75) is 19.0 Å². The SMILES string of the molecule is COc1ccc2c(c1)N1CCN(c3ccc(F)cc3)C[C@@H]1[C@@H](C(=O)NCc1cccc(F)c1)C2. The number of hydrogen-bond acceptors (Lipinski definition) is 4. The molecule has 0 aromatic heterocycles. The number of halogens is 2. The lowest BCUT2D eigenvalue weighted by molar-refractivity contribution is -0.126. The predicted molar refractivity (Wildman–Crippen MR) is 128 cm³/mol. The van der Waals surface area contributed by atoms with E-state index in [2.05, 4.69) is 15.1 Å². The van der Waals surface area contributed by atoms with Crippen molar-refractivity contribution in [2.75, 3.05) is 36.5 Å². The quantitative estimate of drug-likeness (QED) is 0.617. The summed E-state index contributed by atoms with van der Waals surface area (Å²) < 4.78 is 32.5. The van der Waals surface area contributed by atoms with Crippen molar-refractivity contribution in [1.29, 1.82) is 0 Å². The van der Waals surface area contributed by atoms with Crippen LogP contribution in [0.1, 0.15) is 11.1 Å². The van der Waals surface area contributed by atoms with Gasteiger partial charge in [-0.25, -0.2) is 8.78 Å². The summed E-state index contributed by atoms with van der Waals surface area (Å²) >= 11 is 0. The number of hydrogen-bond donors (Lipinski definition) is 1. The van der Waals surface area contributed by atoms with Crippen LogP contribution in [-0.2, 0) is 17.8 Å². The molecule has 1 N–H and O–H groups in total. The smallest absolute Gasteiger partial charge is 0.225 e. The van der Waals surface area contributed by atoms with Crippen molar-refractivity contribution in [1.82, 2.24) is 5.32 Å². The molecule has 7 heteroatoms. The van der Waals surface area contributed by atoms with Gasteiger partial charge in [-0.2, -0.15) is 0 Å². The van der Waals surface area contributed by atoms with Gasteiger partial charge in [0.2, 0.25) is 5.91 Å². The highest BCUT2D eigenvalue weighted by Gasteiger charge is 2.41. The molecule has 0 spiro atoms. The number of nitrogens with zero attached hydrogens (tertiary/aromatic N) is 2. The van der Waals surface area contributed by atoms with E-state index >= 15 is 0 Å². The maximum atomic E-state index is 13.6. The zero-order chi connectivity index (χ0) is 23.7. The molecule has 5 nitrogen and oxygen atoms in total. The summed E-state index contributed by atoms with van der Waals surface area (Å²) in [7, 11) is 1.65. The molecule has 0 saturated carbocycles. The van der Waals surface area contributed by atoms with E-state index in [0.717, 1.165) is 41.3 Å². The van der Waals surface area contributed by atoms with Crippen LogP contribution in [0.4, 0.5) is 20.2 Å². The van der Waals surface area contributed by atoms with Crippen molar-refractivity contribution in [3.8, 4) is 5.75 Å². The highest BCUT2D eigenvalue weighted by Crippen LogP contribution is 2.39. The summed E-state index contributed by atoms with van der Waals surface area (Å²) in [5, 5.41) is 3.02. The highest BCUT2D eigenvalue weighted by molar-refractivity contribution is 5.82. The van der Waals surface area contributed by atoms with E-state index in [-0.39, 0.29) is 36.0 Å². The van der Waals surface area contributed by atoms with Gasteiger partial charge in [0.25, 0.3) is 0 Å². The number of rotatable bonds is 5. The molecule has 1 fully saturated rings. The first-order valence-corrected chi connectivity index (χ1v) is 11.5. The Bertz CT molecular complexity index is 1180. The molecule has 1 amide bonds.